The molecule has 0 bridgehead atoms. The molecule has 1 N–H and O–H groups in total. The Labute approximate surface area is 180 Å². The highest BCUT2D eigenvalue weighted by atomic mass is 32.1. The Hall–Kier alpha value is -2.93. The topological polar surface area (TPSA) is 54.5 Å². The summed E-state index contributed by atoms with van der Waals surface area (Å²) < 4.78 is 18.5. The molecule has 0 saturated carbocycles. The van der Waals surface area contributed by atoms with Crippen LogP contribution in [0.3, 0.4) is 0 Å². The number of nitrogens with zero attached hydrogens (tertiary/aromatic N) is 2. The number of nitrogens with one attached hydrogen (secondary N) is 1. The first-order valence-electron chi connectivity index (χ1n) is 9.65. The minimum absolute atomic E-state index is 0.0464. The van der Waals surface area contributed by atoms with Gasteiger partial charge in [-0.1, -0.05) is 32.9 Å². The summed E-state index contributed by atoms with van der Waals surface area (Å²) >= 11 is 1.49. The fourth-order valence-electron chi connectivity index (χ4n) is 2.85. The summed E-state index contributed by atoms with van der Waals surface area (Å²) in [5.41, 5.74) is 1.97. The molecule has 158 valence electrons. The minimum atomic E-state index is -0.570. The second kappa shape index (κ2) is 9.26. The Morgan fingerprint density at radius 1 is 1.13 bits per heavy atom. The summed E-state index contributed by atoms with van der Waals surface area (Å²) in [6.45, 7) is 6.57. The minimum Gasteiger partial charge on any atom is -0.497 e. The highest BCUT2D eigenvalue weighted by Crippen LogP contribution is 2.27. The third-order valence-corrected chi connectivity index (χ3v) is 5.35. The van der Waals surface area contributed by atoms with Gasteiger partial charge in [0.05, 0.1) is 19.3 Å². The first-order chi connectivity index (χ1) is 14.3. The van der Waals surface area contributed by atoms with Gasteiger partial charge in [-0.15, -0.1) is 11.3 Å². The fraction of sp³-hybridized carbons (Fsp3) is 0.304. The van der Waals surface area contributed by atoms with Crippen LogP contribution in [0, 0.1) is 11.2 Å². The van der Waals surface area contributed by atoms with E-state index in [1.807, 2.05) is 50.4 Å². The van der Waals surface area contributed by atoms with Crippen molar-refractivity contribution in [3.8, 4) is 5.75 Å². The molecule has 0 fully saturated rings. The molecule has 0 spiro atoms. The van der Waals surface area contributed by atoms with Crippen molar-refractivity contribution in [3.05, 3.63) is 71.0 Å². The van der Waals surface area contributed by atoms with E-state index in [1.165, 1.54) is 23.5 Å². The first kappa shape index (κ1) is 21.8. The zero-order chi connectivity index (χ0) is 21.7. The number of ether oxygens (including phenoxy) is 1. The molecule has 2 aromatic carbocycles. The average molecular weight is 428 g/mol. The van der Waals surface area contributed by atoms with Crippen LogP contribution in [-0.2, 0) is 17.9 Å². The quantitative estimate of drug-likeness (QED) is 0.542. The lowest BCUT2D eigenvalue weighted by molar-refractivity contribution is -0.125. The van der Waals surface area contributed by atoms with Gasteiger partial charge in [-0.05, 0) is 42.0 Å². The number of methoxy groups -OCH3 is 1. The van der Waals surface area contributed by atoms with Crippen LogP contribution in [0.2, 0.25) is 0 Å². The fourth-order valence-corrected chi connectivity index (χ4v) is 3.55. The van der Waals surface area contributed by atoms with Crippen molar-refractivity contribution in [2.45, 2.75) is 33.9 Å². The van der Waals surface area contributed by atoms with E-state index in [0.717, 1.165) is 22.1 Å². The van der Waals surface area contributed by atoms with Gasteiger partial charge in [-0.25, -0.2) is 9.37 Å². The molecule has 0 unspecified atom stereocenters. The highest BCUT2D eigenvalue weighted by Gasteiger charge is 2.29. The van der Waals surface area contributed by atoms with Crippen molar-refractivity contribution in [2.24, 2.45) is 5.41 Å². The van der Waals surface area contributed by atoms with E-state index >= 15 is 0 Å². The number of carbonyl (C=O) groups excluding carboxylic acids is 1. The van der Waals surface area contributed by atoms with Gasteiger partial charge in [-0.3, -0.25) is 4.79 Å². The summed E-state index contributed by atoms with van der Waals surface area (Å²) in [5, 5.41) is 6.03. The third-order valence-electron chi connectivity index (χ3n) is 4.50. The Balaban J connectivity index is 1.71. The Bertz CT molecular complexity index is 979. The number of hydrogen-bond acceptors (Lipinski definition) is 5. The molecule has 1 aromatic heterocycles. The van der Waals surface area contributed by atoms with Crippen LogP contribution < -0.4 is 15.0 Å². The first-order valence-corrected chi connectivity index (χ1v) is 10.5. The molecule has 0 saturated heterocycles. The lowest BCUT2D eigenvalue weighted by Crippen LogP contribution is -2.39. The predicted octanol–water partition coefficient (Wildman–Crippen LogP) is 5.48. The Morgan fingerprint density at radius 2 is 1.80 bits per heavy atom. The molecular formula is C23H26FN3O2S. The molecule has 7 heteroatoms. The zero-order valence-corrected chi connectivity index (χ0v) is 18.4. The maximum absolute atomic E-state index is 13.4. The maximum atomic E-state index is 13.4. The highest BCUT2D eigenvalue weighted by molar-refractivity contribution is 7.13. The largest absolute Gasteiger partial charge is 0.497 e. The second-order valence-electron chi connectivity index (χ2n) is 7.96. The summed E-state index contributed by atoms with van der Waals surface area (Å²) in [7, 11) is 1.64. The van der Waals surface area contributed by atoms with Gasteiger partial charge in [0.15, 0.2) is 5.13 Å². The number of halogens is 1. The van der Waals surface area contributed by atoms with Gasteiger partial charge in [0.25, 0.3) is 0 Å². The van der Waals surface area contributed by atoms with Crippen molar-refractivity contribution >= 4 is 28.1 Å². The number of aromatic nitrogens is 1. The summed E-state index contributed by atoms with van der Waals surface area (Å²) in [5.74, 6) is 0.440. The normalized spacial score (nSPS) is 11.2. The molecule has 0 aliphatic rings. The Morgan fingerprint density at radius 3 is 2.40 bits per heavy atom. The van der Waals surface area contributed by atoms with Crippen LogP contribution in [0.1, 0.15) is 32.0 Å². The summed E-state index contributed by atoms with van der Waals surface area (Å²) in [6, 6.07) is 13.8. The van der Waals surface area contributed by atoms with Crippen LogP contribution in [0.4, 0.5) is 15.2 Å². The van der Waals surface area contributed by atoms with Crippen molar-refractivity contribution in [1.82, 2.24) is 4.98 Å². The van der Waals surface area contributed by atoms with Crippen LogP contribution in [0.25, 0.3) is 0 Å². The van der Waals surface area contributed by atoms with E-state index < -0.39 is 5.41 Å². The average Bonchev–Trinajstić information content (AvgIpc) is 3.18. The zero-order valence-electron chi connectivity index (χ0n) is 17.6. The van der Waals surface area contributed by atoms with E-state index in [4.69, 9.17) is 4.74 Å². The van der Waals surface area contributed by atoms with E-state index in [2.05, 4.69) is 10.3 Å². The van der Waals surface area contributed by atoms with E-state index in [9.17, 15) is 9.18 Å². The predicted molar refractivity (Wildman–Crippen MR) is 119 cm³/mol. The molecule has 0 aliphatic carbocycles. The second-order valence-corrected chi connectivity index (χ2v) is 8.82. The van der Waals surface area contributed by atoms with E-state index in [1.54, 1.807) is 24.1 Å². The SMILES string of the molecule is COc1ccc(CNc2nc(CN(C(=O)C(C)(C)C)c3ccc(F)cc3)cs2)cc1. The molecule has 0 radical (unpaired) electrons. The molecule has 0 atom stereocenters. The van der Waals surface area contributed by atoms with Crippen molar-refractivity contribution in [1.29, 1.82) is 0 Å². The van der Waals surface area contributed by atoms with Crippen LogP contribution in [0.15, 0.2) is 53.9 Å². The molecule has 5 nitrogen and oxygen atoms in total. The molecule has 3 aromatic rings. The van der Waals surface area contributed by atoms with Gasteiger partial charge in [0, 0.05) is 23.0 Å². The van der Waals surface area contributed by atoms with Crippen LogP contribution in [0.5, 0.6) is 5.75 Å². The smallest absolute Gasteiger partial charge is 0.232 e. The van der Waals surface area contributed by atoms with Crippen LogP contribution in [-0.4, -0.2) is 18.0 Å². The van der Waals surface area contributed by atoms with Gasteiger partial charge in [-0.2, -0.15) is 0 Å². The molecule has 1 heterocycles. The molecule has 1 amide bonds. The van der Waals surface area contributed by atoms with Crippen molar-refractivity contribution in [2.75, 3.05) is 17.3 Å². The number of benzene rings is 2. The lowest BCUT2D eigenvalue weighted by Gasteiger charge is -2.29. The standard InChI is InChI=1S/C23H26FN3O2S/c1-23(2,3)21(28)27(19-9-7-17(24)8-10-19)14-18-15-30-22(26-18)25-13-16-5-11-20(29-4)12-6-16/h5-12,15H,13-14H2,1-4H3,(H,25,26). The third kappa shape index (κ3) is 5.57. The lowest BCUT2D eigenvalue weighted by atomic mass is 9.94. The summed E-state index contributed by atoms with van der Waals surface area (Å²) in [6.07, 6.45) is 0. The monoisotopic (exact) mass is 427 g/mol. The van der Waals surface area contributed by atoms with E-state index in [-0.39, 0.29) is 11.7 Å². The van der Waals surface area contributed by atoms with Gasteiger partial charge in [0.2, 0.25) is 5.91 Å². The number of anilines is 2. The number of thiazole rings is 1. The Kier molecular flexibility index (Phi) is 6.72. The number of rotatable bonds is 7. The number of carbonyl (C=O) groups is 1. The number of amides is 1. The molecular weight excluding hydrogens is 401 g/mol. The van der Waals surface area contributed by atoms with Gasteiger partial charge < -0.3 is 15.0 Å². The van der Waals surface area contributed by atoms with Crippen LogP contribution >= 0.6 is 11.3 Å². The van der Waals surface area contributed by atoms with Crippen molar-refractivity contribution < 1.29 is 13.9 Å². The molecule has 3 rings (SSSR count). The van der Waals surface area contributed by atoms with E-state index in [0.29, 0.717) is 18.8 Å². The maximum Gasteiger partial charge on any atom is 0.232 e. The molecule has 30 heavy (non-hydrogen) atoms. The molecule has 0 aliphatic heterocycles. The van der Waals surface area contributed by atoms with Crippen molar-refractivity contribution in [3.63, 3.8) is 0 Å². The number of hydrogen-bond donors (Lipinski definition) is 1. The van der Waals surface area contributed by atoms with Gasteiger partial charge >= 0.3 is 0 Å². The summed E-state index contributed by atoms with van der Waals surface area (Å²) in [4.78, 5) is 19.3. The van der Waals surface area contributed by atoms with Gasteiger partial charge in [0.1, 0.15) is 11.6 Å².